The molecule has 2 aliphatic heterocycles. The fraction of sp³-hybridized carbons (Fsp3) is 0.400. The first-order chi connectivity index (χ1) is 19.7. The molecule has 3 aromatic heterocycles. The number of ether oxygens (including phenoxy) is 1. The number of aromatic amines is 1. The maximum Gasteiger partial charge on any atom is 0.225 e. The highest BCUT2D eigenvalue weighted by atomic mass is 16.5. The highest BCUT2D eigenvalue weighted by molar-refractivity contribution is 5.84. The summed E-state index contributed by atoms with van der Waals surface area (Å²) in [6, 6.07) is 14.6. The Hall–Kier alpha value is -4.02. The third-order valence-electron chi connectivity index (χ3n) is 7.98. The number of aromatic nitrogens is 4. The SMILES string of the molecule is O=C(C1CC1)N1CCN(Cc2ccnc(Nc3nc4ccc(-c5ccnc(N6CCOCC6)c5)cc4[nH]3)c2)CC1. The van der Waals surface area contributed by atoms with Gasteiger partial charge in [-0.1, -0.05) is 6.07 Å². The van der Waals surface area contributed by atoms with E-state index >= 15 is 0 Å². The van der Waals surface area contributed by atoms with Gasteiger partial charge in [0.15, 0.2) is 0 Å². The first-order valence-electron chi connectivity index (χ1n) is 14.2. The summed E-state index contributed by atoms with van der Waals surface area (Å²) >= 11 is 0. The number of imidazole rings is 1. The van der Waals surface area contributed by atoms with Crippen LogP contribution >= 0.6 is 0 Å². The zero-order valence-electron chi connectivity index (χ0n) is 22.6. The second kappa shape index (κ2) is 10.9. The smallest absolute Gasteiger partial charge is 0.225 e. The van der Waals surface area contributed by atoms with Crippen LogP contribution in [0.25, 0.3) is 22.2 Å². The van der Waals surface area contributed by atoms with E-state index in [1.165, 1.54) is 5.56 Å². The number of carbonyl (C=O) groups is 1. The Balaban J connectivity index is 1.01. The first kappa shape index (κ1) is 25.0. The predicted molar refractivity (Wildman–Crippen MR) is 154 cm³/mol. The molecule has 5 heterocycles. The molecular formula is C30H34N8O2. The standard InChI is InChI=1S/C30H34N8O2/c39-29(22-1-2-22)38-11-9-36(10-12-38)20-21-5-7-31-27(17-21)35-30-33-25-4-3-23(18-26(25)34-30)24-6-8-32-28(19-24)37-13-15-40-16-14-37/h3-8,17-19,22H,1-2,9-16,20H2,(H2,31,33,34,35). The Morgan fingerprint density at radius 1 is 0.925 bits per heavy atom. The highest BCUT2D eigenvalue weighted by Crippen LogP contribution is 2.31. The number of hydrogen-bond acceptors (Lipinski definition) is 8. The Morgan fingerprint density at radius 2 is 1.73 bits per heavy atom. The van der Waals surface area contributed by atoms with Crippen molar-refractivity contribution in [3.63, 3.8) is 0 Å². The van der Waals surface area contributed by atoms with E-state index in [9.17, 15) is 4.79 Å². The number of benzene rings is 1. The van der Waals surface area contributed by atoms with Crippen LogP contribution < -0.4 is 10.2 Å². The van der Waals surface area contributed by atoms with Gasteiger partial charge in [-0.3, -0.25) is 9.69 Å². The van der Waals surface area contributed by atoms with Crippen molar-refractivity contribution in [1.29, 1.82) is 0 Å². The van der Waals surface area contributed by atoms with Crippen molar-refractivity contribution in [3.05, 3.63) is 60.4 Å². The zero-order valence-corrected chi connectivity index (χ0v) is 22.6. The number of H-pyrrole nitrogens is 1. The number of anilines is 3. The molecule has 0 atom stereocenters. The number of piperazine rings is 1. The number of pyridine rings is 2. The molecule has 7 rings (SSSR count). The molecule has 1 saturated carbocycles. The average molecular weight is 539 g/mol. The Morgan fingerprint density at radius 3 is 2.55 bits per heavy atom. The van der Waals surface area contributed by atoms with Crippen LogP contribution in [0.2, 0.25) is 0 Å². The van der Waals surface area contributed by atoms with Crippen LogP contribution in [0.3, 0.4) is 0 Å². The second-order valence-electron chi connectivity index (χ2n) is 10.9. The van der Waals surface area contributed by atoms with Crippen molar-refractivity contribution in [2.24, 2.45) is 5.92 Å². The van der Waals surface area contributed by atoms with E-state index in [1.807, 2.05) is 29.4 Å². The molecule has 40 heavy (non-hydrogen) atoms. The van der Waals surface area contributed by atoms with Crippen LogP contribution in [0.4, 0.5) is 17.6 Å². The number of rotatable bonds is 7. The van der Waals surface area contributed by atoms with Crippen molar-refractivity contribution in [2.45, 2.75) is 19.4 Å². The van der Waals surface area contributed by atoms with Crippen LogP contribution in [0.15, 0.2) is 54.9 Å². The number of nitrogens with one attached hydrogen (secondary N) is 2. The van der Waals surface area contributed by atoms with Crippen LogP contribution in [0.5, 0.6) is 0 Å². The zero-order chi connectivity index (χ0) is 26.9. The van der Waals surface area contributed by atoms with Crippen molar-refractivity contribution < 1.29 is 9.53 Å². The van der Waals surface area contributed by atoms with Gasteiger partial charge in [-0.25, -0.2) is 15.0 Å². The lowest BCUT2D eigenvalue weighted by molar-refractivity contribution is -0.134. The van der Waals surface area contributed by atoms with Gasteiger partial charge in [0.05, 0.1) is 24.2 Å². The topological polar surface area (TPSA) is 103 Å². The molecule has 1 aromatic carbocycles. The summed E-state index contributed by atoms with van der Waals surface area (Å²) in [6.07, 6.45) is 5.84. The lowest BCUT2D eigenvalue weighted by Gasteiger charge is -2.34. The quantitative estimate of drug-likeness (QED) is 0.368. The number of nitrogens with zero attached hydrogens (tertiary/aromatic N) is 6. The maximum absolute atomic E-state index is 12.3. The number of carbonyl (C=O) groups excluding carboxylic acids is 1. The summed E-state index contributed by atoms with van der Waals surface area (Å²) in [4.78, 5) is 36.3. The third-order valence-corrected chi connectivity index (χ3v) is 7.98. The molecule has 3 fully saturated rings. The monoisotopic (exact) mass is 538 g/mol. The van der Waals surface area contributed by atoms with Gasteiger partial charge in [0.1, 0.15) is 11.6 Å². The second-order valence-corrected chi connectivity index (χ2v) is 10.9. The van der Waals surface area contributed by atoms with Gasteiger partial charge >= 0.3 is 0 Å². The molecule has 10 heteroatoms. The molecule has 0 spiro atoms. The fourth-order valence-corrected chi connectivity index (χ4v) is 5.55. The van der Waals surface area contributed by atoms with E-state index in [0.29, 0.717) is 17.8 Å². The minimum absolute atomic E-state index is 0.300. The minimum Gasteiger partial charge on any atom is -0.378 e. The highest BCUT2D eigenvalue weighted by Gasteiger charge is 2.34. The summed E-state index contributed by atoms with van der Waals surface area (Å²) in [5, 5.41) is 3.35. The first-order valence-corrected chi connectivity index (χ1v) is 14.2. The van der Waals surface area contributed by atoms with Crippen molar-refractivity contribution in [1.82, 2.24) is 29.7 Å². The fourth-order valence-electron chi connectivity index (χ4n) is 5.55. The summed E-state index contributed by atoms with van der Waals surface area (Å²) in [7, 11) is 0. The van der Waals surface area contributed by atoms with E-state index in [2.05, 4.69) is 60.4 Å². The summed E-state index contributed by atoms with van der Waals surface area (Å²) in [6.45, 7) is 7.47. The van der Waals surface area contributed by atoms with E-state index in [4.69, 9.17) is 9.72 Å². The van der Waals surface area contributed by atoms with E-state index < -0.39 is 0 Å². The molecule has 4 aromatic rings. The molecule has 2 N–H and O–H groups in total. The Bertz CT molecular complexity index is 1500. The Kier molecular flexibility index (Phi) is 6.78. The van der Waals surface area contributed by atoms with Gasteiger partial charge in [-0.2, -0.15) is 0 Å². The minimum atomic E-state index is 0.300. The number of morpholine rings is 1. The molecule has 1 amide bonds. The van der Waals surface area contributed by atoms with Gasteiger partial charge in [-0.15, -0.1) is 0 Å². The predicted octanol–water partition coefficient (Wildman–Crippen LogP) is 3.65. The molecule has 0 unspecified atom stereocenters. The van der Waals surface area contributed by atoms with E-state index in [-0.39, 0.29) is 0 Å². The van der Waals surface area contributed by atoms with Crippen LogP contribution in [0.1, 0.15) is 18.4 Å². The van der Waals surface area contributed by atoms with Gasteiger partial charge in [-0.05, 0) is 65.9 Å². The summed E-state index contributed by atoms with van der Waals surface area (Å²) in [5.41, 5.74) is 5.27. The van der Waals surface area contributed by atoms with Gasteiger partial charge in [0.2, 0.25) is 11.9 Å². The lowest BCUT2D eigenvalue weighted by Crippen LogP contribution is -2.48. The molecule has 10 nitrogen and oxygen atoms in total. The number of fused-ring (bicyclic) bond motifs is 1. The molecular weight excluding hydrogens is 504 g/mol. The van der Waals surface area contributed by atoms with Crippen molar-refractivity contribution in [2.75, 3.05) is 62.7 Å². The molecule has 206 valence electrons. The molecule has 1 aliphatic carbocycles. The lowest BCUT2D eigenvalue weighted by atomic mass is 10.1. The van der Waals surface area contributed by atoms with E-state index in [0.717, 1.165) is 106 Å². The normalized spacial score (nSPS) is 18.3. The number of amides is 1. The van der Waals surface area contributed by atoms with Gasteiger partial charge in [0, 0.05) is 64.1 Å². The Labute approximate surface area is 233 Å². The number of hydrogen-bond donors (Lipinski definition) is 2. The van der Waals surface area contributed by atoms with Crippen LogP contribution in [-0.2, 0) is 16.1 Å². The maximum atomic E-state index is 12.3. The van der Waals surface area contributed by atoms with Gasteiger partial charge < -0.3 is 24.8 Å². The van der Waals surface area contributed by atoms with Crippen molar-refractivity contribution in [3.8, 4) is 11.1 Å². The van der Waals surface area contributed by atoms with Crippen molar-refractivity contribution >= 4 is 34.5 Å². The summed E-state index contributed by atoms with van der Waals surface area (Å²) in [5.74, 6) is 3.05. The summed E-state index contributed by atoms with van der Waals surface area (Å²) < 4.78 is 5.48. The average Bonchev–Trinajstić information content (AvgIpc) is 3.77. The van der Waals surface area contributed by atoms with Crippen LogP contribution in [0, 0.1) is 5.92 Å². The third kappa shape index (κ3) is 5.50. The largest absolute Gasteiger partial charge is 0.378 e. The molecule has 2 saturated heterocycles. The van der Waals surface area contributed by atoms with E-state index in [1.54, 1.807) is 0 Å². The van der Waals surface area contributed by atoms with Crippen LogP contribution in [-0.4, -0.2) is 88.1 Å². The molecule has 3 aliphatic rings. The van der Waals surface area contributed by atoms with Gasteiger partial charge in [0.25, 0.3) is 0 Å². The molecule has 0 radical (unpaired) electrons. The molecule has 0 bridgehead atoms.